The number of hydrogen-bond donors (Lipinski definition) is 0. The molecule has 1 unspecified atom stereocenters. The molecule has 7 heteroatoms. The van der Waals surface area contributed by atoms with Crippen LogP contribution in [-0.4, -0.2) is 36.3 Å². The van der Waals surface area contributed by atoms with Crippen LogP contribution >= 0.6 is 0 Å². The third-order valence-corrected chi connectivity index (χ3v) is 4.86. The zero-order valence-electron chi connectivity index (χ0n) is 16.5. The molecular weight excluding hydrogens is 387 g/mol. The van der Waals surface area contributed by atoms with Gasteiger partial charge in [-0.2, -0.15) is 0 Å². The average Bonchev–Trinajstić information content (AvgIpc) is 3.45. The van der Waals surface area contributed by atoms with Crippen LogP contribution in [0.25, 0.3) is 0 Å². The van der Waals surface area contributed by atoms with E-state index in [1.54, 1.807) is 36.3 Å². The summed E-state index contributed by atoms with van der Waals surface area (Å²) in [7, 11) is 1.61. The zero-order chi connectivity index (χ0) is 20.9. The second-order valence-corrected chi connectivity index (χ2v) is 6.96. The first-order valence-corrected chi connectivity index (χ1v) is 9.57. The summed E-state index contributed by atoms with van der Waals surface area (Å²) in [5.74, 6) is 0.287. The van der Waals surface area contributed by atoms with Crippen molar-refractivity contribution in [1.29, 1.82) is 0 Å². The van der Waals surface area contributed by atoms with E-state index >= 15 is 0 Å². The van der Waals surface area contributed by atoms with Gasteiger partial charge in [0.05, 0.1) is 25.6 Å². The largest absolute Gasteiger partial charge is 0.496 e. The first kappa shape index (κ1) is 19.7. The second-order valence-electron chi connectivity index (χ2n) is 6.96. The Morgan fingerprint density at radius 1 is 1.20 bits per heavy atom. The Hall–Kier alpha value is -3.61. The zero-order valence-corrected chi connectivity index (χ0v) is 16.5. The number of oxime groups is 1. The molecule has 1 atom stereocenters. The second kappa shape index (κ2) is 8.82. The lowest BCUT2D eigenvalue weighted by atomic mass is 10.0. The van der Waals surface area contributed by atoms with Crippen LogP contribution in [0.5, 0.6) is 5.75 Å². The molecule has 3 aromatic rings. The van der Waals surface area contributed by atoms with E-state index in [2.05, 4.69) is 5.16 Å². The van der Waals surface area contributed by atoms with Crippen molar-refractivity contribution >= 4 is 11.6 Å². The maximum absolute atomic E-state index is 13.6. The Kier molecular flexibility index (Phi) is 5.79. The molecule has 1 aliphatic heterocycles. The minimum atomic E-state index is -0.350. The van der Waals surface area contributed by atoms with Crippen molar-refractivity contribution in [3.05, 3.63) is 89.6 Å². The molecule has 0 fully saturated rings. The van der Waals surface area contributed by atoms with Gasteiger partial charge in [0.25, 0.3) is 5.91 Å². The predicted octanol–water partition coefficient (Wildman–Crippen LogP) is 4.26. The van der Waals surface area contributed by atoms with Crippen molar-refractivity contribution in [3.8, 4) is 5.75 Å². The number of nitrogens with zero attached hydrogens (tertiary/aromatic N) is 2. The summed E-state index contributed by atoms with van der Waals surface area (Å²) in [6.45, 7) is 0.499. The molecule has 0 N–H and O–H groups in total. The van der Waals surface area contributed by atoms with Gasteiger partial charge in [-0.05, 0) is 42.0 Å². The molecule has 0 aliphatic carbocycles. The van der Waals surface area contributed by atoms with E-state index in [1.807, 2.05) is 24.3 Å². The highest BCUT2D eigenvalue weighted by Crippen LogP contribution is 2.25. The van der Waals surface area contributed by atoms with Crippen LogP contribution in [0.15, 0.2) is 76.5 Å². The van der Waals surface area contributed by atoms with Crippen molar-refractivity contribution in [2.45, 2.75) is 19.1 Å². The van der Waals surface area contributed by atoms with Gasteiger partial charge in [0.2, 0.25) is 0 Å². The van der Waals surface area contributed by atoms with Crippen LogP contribution in [0.2, 0.25) is 0 Å². The van der Waals surface area contributed by atoms with Crippen LogP contribution in [0.1, 0.15) is 28.1 Å². The van der Waals surface area contributed by atoms with E-state index in [0.717, 1.165) is 11.3 Å². The molecule has 154 valence electrons. The minimum Gasteiger partial charge on any atom is -0.496 e. The number of para-hydroxylation sites is 1. The Morgan fingerprint density at radius 2 is 2.07 bits per heavy atom. The number of carbonyl (C=O) groups is 1. The van der Waals surface area contributed by atoms with Crippen molar-refractivity contribution in [1.82, 2.24) is 4.90 Å². The summed E-state index contributed by atoms with van der Waals surface area (Å²) < 4.78 is 24.3. The van der Waals surface area contributed by atoms with Gasteiger partial charge in [-0.15, -0.1) is 0 Å². The third kappa shape index (κ3) is 4.35. The number of carbonyl (C=O) groups excluding carboxylic acids is 1. The van der Waals surface area contributed by atoms with E-state index in [0.29, 0.717) is 17.7 Å². The van der Waals surface area contributed by atoms with Crippen LogP contribution in [0.4, 0.5) is 4.39 Å². The quantitative estimate of drug-likeness (QED) is 0.586. The maximum Gasteiger partial charge on any atom is 0.289 e. The molecule has 0 spiro atoms. The Bertz CT molecular complexity index is 1050. The fraction of sp³-hybridized carbons (Fsp3) is 0.217. The fourth-order valence-corrected chi connectivity index (χ4v) is 3.45. The highest BCUT2D eigenvalue weighted by Gasteiger charge is 2.29. The predicted molar refractivity (Wildman–Crippen MR) is 109 cm³/mol. The lowest BCUT2D eigenvalue weighted by Crippen LogP contribution is -2.37. The van der Waals surface area contributed by atoms with E-state index in [9.17, 15) is 9.18 Å². The van der Waals surface area contributed by atoms with Gasteiger partial charge >= 0.3 is 0 Å². The molecule has 2 heterocycles. The number of benzene rings is 2. The van der Waals surface area contributed by atoms with Gasteiger partial charge < -0.3 is 18.9 Å². The van der Waals surface area contributed by atoms with Crippen LogP contribution in [0, 0.1) is 5.82 Å². The number of ether oxygens (including phenoxy) is 1. The third-order valence-electron chi connectivity index (χ3n) is 4.86. The molecule has 1 aromatic heterocycles. The van der Waals surface area contributed by atoms with Gasteiger partial charge in [0.15, 0.2) is 11.9 Å². The van der Waals surface area contributed by atoms with Crippen LogP contribution in [-0.2, 0) is 11.4 Å². The first-order chi connectivity index (χ1) is 14.6. The molecule has 4 rings (SSSR count). The van der Waals surface area contributed by atoms with Crippen molar-refractivity contribution in [2.24, 2.45) is 5.16 Å². The molecule has 0 radical (unpaired) electrons. The number of amides is 1. The summed E-state index contributed by atoms with van der Waals surface area (Å²) in [6, 6.07) is 17.0. The Balaban J connectivity index is 1.50. The van der Waals surface area contributed by atoms with E-state index in [-0.39, 0.29) is 36.7 Å². The smallest absolute Gasteiger partial charge is 0.289 e. The molecular formula is C23H21FN2O4. The molecule has 0 saturated heterocycles. The summed E-state index contributed by atoms with van der Waals surface area (Å²) in [6.07, 6.45) is 1.63. The highest BCUT2D eigenvalue weighted by atomic mass is 19.1. The molecule has 6 nitrogen and oxygen atoms in total. The van der Waals surface area contributed by atoms with E-state index in [1.165, 1.54) is 18.4 Å². The summed E-state index contributed by atoms with van der Waals surface area (Å²) in [4.78, 5) is 20.2. The van der Waals surface area contributed by atoms with Crippen molar-refractivity contribution in [3.63, 3.8) is 0 Å². The molecule has 1 aliphatic rings. The van der Waals surface area contributed by atoms with Gasteiger partial charge in [-0.1, -0.05) is 29.4 Å². The topological polar surface area (TPSA) is 64.3 Å². The van der Waals surface area contributed by atoms with E-state index < -0.39 is 0 Å². The molecule has 0 saturated carbocycles. The van der Waals surface area contributed by atoms with Gasteiger partial charge in [0, 0.05) is 18.5 Å². The molecule has 1 amide bonds. The lowest BCUT2D eigenvalue weighted by Gasteiger charge is -2.24. The van der Waals surface area contributed by atoms with Crippen LogP contribution in [0.3, 0.4) is 0 Å². The highest BCUT2D eigenvalue weighted by molar-refractivity contribution is 6.03. The minimum absolute atomic E-state index is 0.218. The van der Waals surface area contributed by atoms with Crippen LogP contribution < -0.4 is 4.74 Å². The molecule has 2 aromatic carbocycles. The Labute approximate surface area is 173 Å². The summed E-state index contributed by atoms with van der Waals surface area (Å²) in [5, 5.41) is 4.21. The van der Waals surface area contributed by atoms with Gasteiger partial charge in [-0.3, -0.25) is 4.79 Å². The van der Waals surface area contributed by atoms with Gasteiger partial charge in [0.1, 0.15) is 11.6 Å². The van der Waals surface area contributed by atoms with Crippen molar-refractivity contribution in [2.75, 3.05) is 13.7 Å². The summed E-state index contributed by atoms with van der Waals surface area (Å²) >= 11 is 0. The molecule has 30 heavy (non-hydrogen) atoms. The number of hydrogen-bond acceptors (Lipinski definition) is 5. The number of halogens is 1. The van der Waals surface area contributed by atoms with Gasteiger partial charge in [-0.25, -0.2) is 4.39 Å². The summed E-state index contributed by atoms with van der Waals surface area (Å²) in [5.41, 5.74) is 2.30. The maximum atomic E-state index is 13.6. The normalized spacial score (nSPS) is 15.4. The SMILES string of the molecule is COc1ccccc1C1=NOC(CN(Cc2cccc(F)c2)C(=O)c2ccco2)C1. The lowest BCUT2D eigenvalue weighted by molar-refractivity contribution is 0.0387. The van der Waals surface area contributed by atoms with Crippen molar-refractivity contribution < 1.29 is 23.2 Å². The standard InChI is InChI=1S/C23H21FN2O4/c1-28-21-9-3-2-8-19(21)20-13-18(30-25-20)15-26(23(27)22-10-5-11-29-22)14-16-6-4-7-17(24)12-16/h2-12,18H,13-15H2,1H3. The Morgan fingerprint density at radius 3 is 2.83 bits per heavy atom. The molecule has 0 bridgehead atoms. The first-order valence-electron chi connectivity index (χ1n) is 9.57. The fourth-order valence-electron chi connectivity index (χ4n) is 3.45. The number of furan rings is 1. The monoisotopic (exact) mass is 408 g/mol. The number of methoxy groups -OCH3 is 1. The number of rotatable bonds is 7. The van der Waals surface area contributed by atoms with E-state index in [4.69, 9.17) is 14.0 Å². The average molecular weight is 408 g/mol.